The largest absolute Gasteiger partial charge is 0.461 e. The van der Waals surface area contributed by atoms with Crippen molar-refractivity contribution in [2.45, 2.75) is 56.0 Å². The number of fused-ring (bicyclic) bond motifs is 1. The number of nitrogens with zero attached hydrogens (tertiary/aromatic N) is 1. The number of hydrogen-bond donors (Lipinski definition) is 4. The topological polar surface area (TPSA) is 103 Å². The van der Waals surface area contributed by atoms with Crippen molar-refractivity contribution in [1.82, 2.24) is 4.90 Å². The molecule has 0 saturated carbocycles. The Morgan fingerprint density at radius 3 is 2.52 bits per heavy atom. The Morgan fingerprint density at radius 2 is 1.83 bits per heavy atom. The molecule has 2 aliphatic heterocycles. The molecular weight excluding hydrogens is 374 g/mol. The molecule has 2 aromatic rings. The zero-order valence-corrected chi connectivity index (χ0v) is 16.5. The van der Waals surface area contributed by atoms with Crippen molar-refractivity contribution in [3.8, 4) is 5.75 Å². The lowest BCUT2D eigenvalue weighted by Gasteiger charge is -2.39. The molecule has 2 aromatic carbocycles. The molecular formula is C22H29NO6. The molecule has 2 saturated heterocycles. The van der Waals surface area contributed by atoms with Gasteiger partial charge in [0.1, 0.15) is 30.2 Å². The van der Waals surface area contributed by atoms with Gasteiger partial charge in [0.25, 0.3) is 0 Å². The van der Waals surface area contributed by atoms with Gasteiger partial charge >= 0.3 is 0 Å². The van der Waals surface area contributed by atoms with E-state index in [0.29, 0.717) is 11.8 Å². The molecule has 2 aliphatic rings. The number of likely N-dealkylation sites (N-methyl/N-ethyl adjacent to an activating group) is 1. The fraction of sp³-hybridized carbons (Fsp3) is 0.545. The predicted octanol–water partition coefficient (Wildman–Crippen LogP) is 0.655. The highest BCUT2D eigenvalue weighted by Gasteiger charge is 2.44. The van der Waals surface area contributed by atoms with Gasteiger partial charge in [-0.3, -0.25) is 0 Å². The number of aliphatic hydroxyl groups excluding tert-OH is 4. The maximum Gasteiger partial charge on any atom is 0.229 e. The molecule has 4 N–H and O–H groups in total. The van der Waals surface area contributed by atoms with E-state index < -0.39 is 37.3 Å². The second kappa shape index (κ2) is 8.55. The SMILES string of the molecule is CN1CCC[C@@H]1Cc1cccc2cccc(O[C@@H]3O[C@H](CO)[C@@H](O)[C@@H](O)[C@H]3O)c12. The van der Waals surface area contributed by atoms with E-state index in [2.05, 4.69) is 18.0 Å². The van der Waals surface area contributed by atoms with Crippen LogP contribution >= 0.6 is 0 Å². The second-order valence-electron chi connectivity index (χ2n) is 8.07. The van der Waals surface area contributed by atoms with Gasteiger partial charge in [0.15, 0.2) is 0 Å². The molecule has 0 unspecified atom stereocenters. The van der Waals surface area contributed by atoms with E-state index >= 15 is 0 Å². The molecule has 0 radical (unpaired) electrons. The van der Waals surface area contributed by atoms with Gasteiger partial charge in [0.05, 0.1) is 6.61 Å². The summed E-state index contributed by atoms with van der Waals surface area (Å²) in [6.45, 7) is 0.614. The maximum atomic E-state index is 10.3. The molecule has 0 aromatic heterocycles. The highest BCUT2D eigenvalue weighted by atomic mass is 16.7. The van der Waals surface area contributed by atoms with Crippen molar-refractivity contribution in [3.63, 3.8) is 0 Å². The third-order valence-electron chi connectivity index (χ3n) is 6.17. The average Bonchev–Trinajstić information content (AvgIpc) is 3.13. The summed E-state index contributed by atoms with van der Waals surface area (Å²) in [5.41, 5.74) is 1.15. The minimum absolute atomic E-state index is 0.473. The first-order valence-electron chi connectivity index (χ1n) is 10.2. The minimum Gasteiger partial charge on any atom is -0.461 e. The first-order chi connectivity index (χ1) is 14.0. The van der Waals surface area contributed by atoms with Gasteiger partial charge in [-0.15, -0.1) is 0 Å². The fourth-order valence-electron chi connectivity index (χ4n) is 4.43. The van der Waals surface area contributed by atoms with Crippen LogP contribution in [-0.4, -0.2) is 82.3 Å². The van der Waals surface area contributed by atoms with Crippen molar-refractivity contribution >= 4 is 10.8 Å². The van der Waals surface area contributed by atoms with Crippen LogP contribution in [0.2, 0.25) is 0 Å². The summed E-state index contributed by atoms with van der Waals surface area (Å²) in [6, 6.07) is 12.3. The van der Waals surface area contributed by atoms with Crippen LogP contribution in [0.25, 0.3) is 10.8 Å². The van der Waals surface area contributed by atoms with Crippen molar-refractivity contribution in [2.75, 3.05) is 20.2 Å². The van der Waals surface area contributed by atoms with Gasteiger partial charge in [-0.05, 0) is 49.9 Å². The van der Waals surface area contributed by atoms with Crippen molar-refractivity contribution in [3.05, 3.63) is 42.0 Å². The fourth-order valence-corrected chi connectivity index (χ4v) is 4.43. The lowest BCUT2D eigenvalue weighted by atomic mass is 9.96. The summed E-state index contributed by atoms with van der Waals surface area (Å²) in [7, 11) is 2.15. The van der Waals surface area contributed by atoms with E-state index in [1.807, 2.05) is 30.3 Å². The quantitative estimate of drug-likeness (QED) is 0.582. The van der Waals surface area contributed by atoms with E-state index in [9.17, 15) is 20.4 Å². The van der Waals surface area contributed by atoms with E-state index in [1.54, 1.807) is 0 Å². The number of benzene rings is 2. The van der Waals surface area contributed by atoms with Gasteiger partial charge in [-0.25, -0.2) is 0 Å². The molecule has 158 valence electrons. The predicted molar refractivity (Wildman–Crippen MR) is 108 cm³/mol. The standard InChI is InChI=1S/C22H29NO6/c1-23-10-4-8-15(23)11-14-7-2-5-13-6-3-9-16(18(13)14)28-22-21(27)20(26)19(25)17(12-24)29-22/h2-3,5-7,9,15,17,19-22,24-27H,4,8,10-12H2,1H3/t15-,17-,19-,20-,21-,22-/m1/s1. The van der Waals surface area contributed by atoms with Crippen LogP contribution in [0.1, 0.15) is 18.4 Å². The van der Waals surface area contributed by atoms with E-state index in [4.69, 9.17) is 9.47 Å². The summed E-state index contributed by atoms with van der Waals surface area (Å²) in [4.78, 5) is 2.37. The molecule has 2 heterocycles. The van der Waals surface area contributed by atoms with Crippen LogP contribution in [0, 0.1) is 0 Å². The first kappa shape index (κ1) is 20.5. The molecule has 6 atom stereocenters. The lowest BCUT2D eigenvalue weighted by Crippen LogP contribution is -2.60. The van der Waals surface area contributed by atoms with Crippen molar-refractivity contribution in [2.24, 2.45) is 0 Å². The normalized spacial score (nSPS) is 33.3. The van der Waals surface area contributed by atoms with Gasteiger partial charge in [-0.1, -0.05) is 30.3 Å². The third-order valence-corrected chi connectivity index (χ3v) is 6.17. The first-order valence-corrected chi connectivity index (χ1v) is 10.2. The summed E-state index contributed by atoms with van der Waals surface area (Å²) >= 11 is 0. The molecule has 29 heavy (non-hydrogen) atoms. The van der Waals surface area contributed by atoms with Crippen molar-refractivity contribution < 1.29 is 29.9 Å². The Kier molecular flexibility index (Phi) is 6.06. The van der Waals surface area contributed by atoms with Crippen LogP contribution in [0.4, 0.5) is 0 Å². The zero-order chi connectivity index (χ0) is 20.5. The number of hydrogen-bond acceptors (Lipinski definition) is 7. The van der Waals surface area contributed by atoms with Crippen LogP contribution in [0.5, 0.6) is 5.75 Å². The molecule has 0 bridgehead atoms. The third kappa shape index (κ3) is 3.99. The number of rotatable bonds is 5. The average molecular weight is 403 g/mol. The van der Waals surface area contributed by atoms with Gasteiger partial charge < -0.3 is 34.8 Å². The highest BCUT2D eigenvalue weighted by Crippen LogP contribution is 2.34. The molecule has 0 spiro atoms. The second-order valence-corrected chi connectivity index (χ2v) is 8.07. The molecule has 7 nitrogen and oxygen atoms in total. The Morgan fingerprint density at radius 1 is 1.07 bits per heavy atom. The van der Waals surface area contributed by atoms with Crippen LogP contribution in [0.3, 0.4) is 0 Å². The molecule has 7 heteroatoms. The minimum atomic E-state index is -1.47. The monoisotopic (exact) mass is 403 g/mol. The molecule has 0 amide bonds. The summed E-state index contributed by atoms with van der Waals surface area (Å²) in [5, 5.41) is 41.8. The Bertz CT molecular complexity index is 838. The summed E-state index contributed by atoms with van der Waals surface area (Å²) < 4.78 is 11.5. The van der Waals surface area contributed by atoms with Gasteiger partial charge in [0.2, 0.25) is 6.29 Å². The van der Waals surface area contributed by atoms with E-state index in [0.717, 1.165) is 35.7 Å². The molecule has 2 fully saturated rings. The summed E-state index contributed by atoms with van der Waals surface area (Å²) in [5.74, 6) is 0.545. The highest BCUT2D eigenvalue weighted by molar-refractivity contribution is 5.91. The Balaban J connectivity index is 1.65. The molecule has 0 aliphatic carbocycles. The van der Waals surface area contributed by atoms with Crippen LogP contribution in [-0.2, 0) is 11.2 Å². The van der Waals surface area contributed by atoms with E-state index in [1.165, 1.54) is 6.42 Å². The Hall–Kier alpha value is -1.74. The Labute approximate surface area is 170 Å². The number of aliphatic hydroxyl groups is 4. The zero-order valence-electron chi connectivity index (χ0n) is 16.5. The lowest BCUT2D eigenvalue weighted by molar-refractivity contribution is -0.277. The maximum absolute atomic E-state index is 10.3. The number of likely N-dealkylation sites (tertiary alicyclic amines) is 1. The summed E-state index contributed by atoms with van der Waals surface area (Å²) in [6.07, 6.45) is -3.26. The van der Waals surface area contributed by atoms with Crippen LogP contribution < -0.4 is 4.74 Å². The van der Waals surface area contributed by atoms with Crippen LogP contribution in [0.15, 0.2) is 36.4 Å². The number of ether oxygens (including phenoxy) is 2. The van der Waals surface area contributed by atoms with Gasteiger partial charge in [-0.2, -0.15) is 0 Å². The smallest absolute Gasteiger partial charge is 0.229 e. The molecule has 4 rings (SSSR count). The van der Waals surface area contributed by atoms with E-state index in [-0.39, 0.29) is 0 Å². The van der Waals surface area contributed by atoms with Crippen molar-refractivity contribution in [1.29, 1.82) is 0 Å². The van der Waals surface area contributed by atoms with Gasteiger partial charge in [0, 0.05) is 11.4 Å².